The molecule has 5 atom stereocenters. The van der Waals surface area contributed by atoms with Gasteiger partial charge in [-0.25, -0.2) is 5.01 Å². The highest BCUT2D eigenvalue weighted by Crippen LogP contribution is 2.60. The Kier molecular flexibility index (Phi) is 10.6. The number of carbonyl (C=O) groups excluding carboxylic acids is 3. The second kappa shape index (κ2) is 15.5. The van der Waals surface area contributed by atoms with Gasteiger partial charge < -0.3 is 24.4 Å². The van der Waals surface area contributed by atoms with E-state index < -0.39 is 19.8 Å². The van der Waals surface area contributed by atoms with E-state index >= 15 is 4.79 Å². The SMILES string of the molecule is COc1ccc([Si](C)(C)[C@@H]2[C@@H](CC(=O)N3CCC[C@H]3CO)O[C@]3(C(=O)N(Cc4cccc(N5N=C(c6ccccc6)CCC5=O)c4)c4ccc(Cl)cc43)[C@H]2C)cc1. The summed E-state index contributed by atoms with van der Waals surface area (Å²) in [5, 5.41) is 18.0. The summed E-state index contributed by atoms with van der Waals surface area (Å²) in [5.41, 5.74) is 3.12. The number of anilines is 2. The average Bonchev–Trinajstić information content (AvgIpc) is 3.89. The van der Waals surface area contributed by atoms with Crippen LogP contribution in [0.25, 0.3) is 0 Å². The molecule has 4 aromatic rings. The summed E-state index contributed by atoms with van der Waals surface area (Å²) in [6, 6.07) is 30.9. The largest absolute Gasteiger partial charge is 0.497 e. The molecule has 4 aliphatic rings. The smallest absolute Gasteiger partial charge is 0.264 e. The van der Waals surface area contributed by atoms with Gasteiger partial charge in [-0.05, 0) is 72.0 Å². The molecule has 296 valence electrons. The van der Waals surface area contributed by atoms with Crippen molar-refractivity contribution in [1.29, 1.82) is 0 Å². The fourth-order valence-corrected chi connectivity index (χ4v) is 14.0. The number of ether oxygens (including phenoxy) is 2. The van der Waals surface area contributed by atoms with Crippen molar-refractivity contribution in [3.63, 3.8) is 0 Å². The van der Waals surface area contributed by atoms with Crippen LogP contribution in [0, 0.1) is 5.92 Å². The molecule has 4 aromatic carbocycles. The van der Waals surface area contributed by atoms with Crippen molar-refractivity contribution in [3.05, 3.63) is 119 Å². The van der Waals surface area contributed by atoms with E-state index in [1.165, 1.54) is 10.2 Å². The number of likely N-dealkylation sites (tertiary alicyclic amines) is 1. The Hall–Kier alpha value is -4.81. The summed E-state index contributed by atoms with van der Waals surface area (Å²) < 4.78 is 12.7. The predicted octanol–water partition coefficient (Wildman–Crippen LogP) is 7.02. The fraction of sp³-hybridized carbons (Fsp3) is 0.378. The van der Waals surface area contributed by atoms with Crippen molar-refractivity contribution in [2.45, 2.75) is 82.0 Å². The zero-order chi connectivity index (χ0) is 40.1. The highest BCUT2D eigenvalue weighted by atomic mass is 35.5. The van der Waals surface area contributed by atoms with Crippen LogP contribution in [0.3, 0.4) is 0 Å². The molecule has 0 bridgehead atoms. The Bertz CT molecular complexity index is 2220. The van der Waals surface area contributed by atoms with Crippen molar-refractivity contribution in [2.75, 3.05) is 30.2 Å². The molecule has 12 heteroatoms. The number of rotatable bonds is 10. The van der Waals surface area contributed by atoms with E-state index in [2.05, 4.69) is 32.2 Å². The molecular weight excluding hydrogens is 756 g/mol. The lowest BCUT2D eigenvalue weighted by Gasteiger charge is -2.37. The number of nitrogens with zero attached hydrogens (tertiary/aromatic N) is 4. The minimum atomic E-state index is -2.51. The molecule has 2 fully saturated rings. The van der Waals surface area contributed by atoms with Crippen molar-refractivity contribution in [1.82, 2.24) is 4.90 Å². The number of fused-ring (bicyclic) bond motifs is 2. The van der Waals surface area contributed by atoms with Gasteiger partial charge >= 0.3 is 0 Å². The van der Waals surface area contributed by atoms with Crippen LogP contribution in [0.15, 0.2) is 102 Å². The molecule has 8 rings (SSSR count). The molecule has 4 aliphatic heterocycles. The van der Waals surface area contributed by atoms with Gasteiger partial charge in [0.15, 0.2) is 5.60 Å². The molecule has 0 aromatic heterocycles. The number of hydrogen-bond donors (Lipinski definition) is 1. The first-order chi connectivity index (χ1) is 27.5. The first-order valence-corrected chi connectivity index (χ1v) is 23.3. The number of halogens is 1. The van der Waals surface area contributed by atoms with Gasteiger partial charge in [0.05, 0.1) is 64.0 Å². The van der Waals surface area contributed by atoms with E-state index in [0.717, 1.165) is 35.4 Å². The van der Waals surface area contributed by atoms with Crippen LogP contribution >= 0.6 is 11.6 Å². The number of carbonyl (C=O) groups is 3. The summed E-state index contributed by atoms with van der Waals surface area (Å²) in [6.07, 6.45) is 2.03. The second-order valence-corrected chi connectivity index (χ2v) is 21.4. The molecule has 0 radical (unpaired) electrons. The lowest BCUT2D eigenvalue weighted by atomic mass is 9.82. The summed E-state index contributed by atoms with van der Waals surface area (Å²) >= 11 is 6.73. The molecule has 10 nitrogen and oxygen atoms in total. The Labute approximate surface area is 340 Å². The topological polar surface area (TPSA) is 112 Å². The minimum absolute atomic E-state index is 0.0684. The lowest BCUT2D eigenvalue weighted by molar-refractivity contribution is -0.150. The van der Waals surface area contributed by atoms with Crippen LogP contribution in [0.2, 0.25) is 23.7 Å². The second-order valence-electron chi connectivity index (χ2n) is 16.3. The maximum atomic E-state index is 15.4. The number of aliphatic hydroxyl groups excluding tert-OH is 1. The van der Waals surface area contributed by atoms with Gasteiger partial charge in [0.2, 0.25) is 11.8 Å². The van der Waals surface area contributed by atoms with Crippen molar-refractivity contribution >= 4 is 59.7 Å². The fourth-order valence-electron chi connectivity index (χ4n) is 9.85. The number of methoxy groups -OCH3 is 1. The van der Waals surface area contributed by atoms with Crippen LogP contribution in [-0.2, 0) is 31.3 Å². The quantitative estimate of drug-likeness (QED) is 0.173. The summed E-state index contributed by atoms with van der Waals surface area (Å²) in [4.78, 5) is 46.3. The molecular formula is C45H49ClN4O6Si. The van der Waals surface area contributed by atoms with E-state index in [4.69, 9.17) is 26.2 Å². The first-order valence-electron chi connectivity index (χ1n) is 19.9. The minimum Gasteiger partial charge on any atom is -0.497 e. The Morgan fingerprint density at radius 3 is 2.51 bits per heavy atom. The first kappa shape index (κ1) is 39.0. The van der Waals surface area contributed by atoms with Gasteiger partial charge in [-0.15, -0.1) is 0 Å². The van der Waals surface area contributed by atoms with Gasteiger partial charge in [-0.3, -0.25) is 14.4 Å². The lowest BCUT2D eigenvalue weighted by Crippen LogP contribution is -2.52. The number of hydrogen-bond acceptors (Lipinski definition) is 7. The van der Waals surface area contributed by atoms with E-state index in [-0.39, 0.29) is 54.8 Å². The number of aliphatic hydroxyl groups is 1. The van der Waals surface area contributed by atoms with Gasteiger partial charge in [0.1, 0.15) is 5.75 Å². The third-order valence-corrected chi connectivity index (χ3v) is 17.3. The third-order valence-electron chi connectivity index (χ3n) is 12.7. The zero-order valence-corrected chi connectivity index (χ0v) is 34.6. The third kappa shape index (κ3) is 6.88. The number of hydrazone groups is 1. The van der Waals surface area contributed by atoms with Gasteiger partial charge in [-0.2, -0.15) is 5.10 Å². The molecule has 2 saturated heterocycles. The Balaban J connectivity index is 1.16. The Morgan fingerprint density at radius 1 is 1.00 bits per heavy atom. The van der Waals surface area contributed by atoms with Crippen LogP contribution < -0.4 is 19.8 Å². The molecule has 0 aliphatic carbocycles. The monoisotopic (exact) mass is 804 g/mol. The molecule has 4 heterocycles. The molecule has 0 saturated carbocycles. The highest BCUT2D eigenvalue weighted by molar-refractivity contribution is 6.91. The molecule has 57 heavy (non-hydrogen) atoms. The normalized spacial score (nSPS) is 24.7. The van der Waals surface area contributed by atoms with E-state index in [1.807, 2.05) is 78.9 Å². The van der Waals surface area contributed by atoms with Crippen LogP contribution in [0.5, 0.6) is 5.75 Å². The highest BCUT2D eigenvalue weighted by Gasteiger charge is 2.66. The molecule has 3 amide bonds. The number of amides is 3. The zero-order valence-electron chi connectivity index (χ0n) is 32.9. The maximum Gasteiger partial charge on any atom is 0.264 e. The van der Waals surface area contributed by atoms with Crippen LogP contribution in [0.1, 0.15) is 55.7 Å². The van der Waals surface area contributed by atoms with Gasteiger partial charge in [0, 0.05) is 35.9 Å². The summed E-state index contributed by atoms with van der Waals surface area (Å²) in [6.45, 7) is 7.40. The van der Waals surface area contributed by atoms with Gasteiger partial charge in [0.25, 0.3) is 5.91 Å². The van der Waals surface area contributed by atoms with Crippen LogP contribution in [-0.4, -0.2) is 73.9 Å². The predicted molar refractivity (Wildman–Crippen MR) is 225 cm³/mol. The molecule has 1 spiro atoms. The van der Waals surface area contributed by atoms with Crippen molar-refractivity contribution in [2.24, 2.45) is 11.0 Å². The molecule has 1 N–H and O–H groups in total. The van der Waals surface area contributed by atoms with Crippen molar-refractivity contribution in [3.8, 4) is 5.75 Å². The Morgan fingerprint density at radius 2 is 1.77 bits per heavy atom. The van der Waals surface area contributed by atoms with Crippen molar-refractivity contribution < 1.29 is 29.0 Å². The maximum absolute atomic E-state index is 15.4. The molecule has 0 unspecified atom stereocenters. The van der Waals surface area contributed by atoms with E-state index in [1.54, 1.807) is 23.0 Å². The standard InChI is InChI=1S/C45H49ClN4O6Si/c1-29-43(57(3,4)36-18-16-35(55-2)17-19-36)40(26-42(53)48-23-9-14-34(48)28-51)56-45(29)37-25-32(46)15-21-39(37)49(44(45)54)27-30-10-8-13-33(24-30)50-41(52)22-20-38(47-50)31-11-6-5-7-12-31/h5-8,10-13,15-19,21,24-25,29,34,40,43,51H,9,14,20,22-23,26-28H2,1-4H3/t29-,34-,40+,43-,45+/m0/s1. The summed E-state index contributed by atoms with van der Waals surface area (Å²) in [5.74, 6) is 0.0646. The van der Waals surface area contributed by atoms with Crippen LogP contribution in [0.4, 0.5) is 11.4 Å². The summed E-state index contributed by atoms with van der Waals surface area (Å²) in [7, 11) is -0.866. The number of benzene rings is 4. The van der Waals surface area contributed by atoms with E-state index in [9.17, 15) is 14.7 Å². The van der Waals surface area contributed by atoms with Gasteiger partial charge in [-0.1, -0.05) is 91.4 Å². The average molecular weight is 805 g/mol. The van der Waals surface area contributed by atoms with E-state index in [0.29, 0.717) is 41.3 Å².